The maximum Gasteiger partial charge on any atom is 0.268 e. The molecule has 3 fully saturated rings. The van der Waals surface area contributed by atoms with Crippen LogP contribution in [0.2, 0.25) is 0 Å². The minimum atomic E-state index is -0.0366. The van der Waals surface area contributed by atoms with Crippen molar-refractivity contribution in [2.45, 2.75) is 32.7 Å². The predicted molar refractivity (Wildman–Crippen MR) is 113 cm³/mol. The van der Waals surface area contributed by atoms with E-state index in [9.17, 15) is 9.59 Å². The summed E-state index contributed by atoms with van der Waals surface area (Å²) in [7, 11) is 0. The zero-order valence-electron chi connectivity index (χ0n) is 17.6. The zero-order valence-corrected chi connectivity index (χ0v) is 17.6. The van der Waals surface area contributed by atoms with Gasteiger partial charge in [0.1, 0.15) is 0 Å². The highest BCUT2D eigenvalue weighted by molar-refractivity contribution is 5.80. The van der Waals surface area contributed by atoms with Crippen LogP contribution in [0.3, 0.4) is 0 Å². The van der Waals surface area contributed by atoms with Crippen LogP contribution < -0.4 is 15.8 Å². The van der Waals surface area contributed by atoms with Crippen LogP contribution in [0.5, 0.6) is 0 Å². The van der Waals surface area contributed by atoms with Crippen molar-refractivity contribution in [3.63, 3.8) is 0 Å². The van der Waals surface area contributed by atoms with E-state index in [1.54, 1.807) is 16.9 Å². The number of nitrogens with one attached hydrogen (secondary N) is 1. The minimum absolute atomic E-state index is 0.0131. The van der Waals surface area contributed by atoms with E-state index in [2.05, 4.69) is 32.0 Å². The van der Waals surface area contributed by atoms with Gasteiger partial charge in [0.2, 0.25) is 5.91 Å². The maximum absolute atomic E-state index is 12.6. The number of aromatic nitrogens is 2. The van der Waals surface area contributed by atoms with E-state index in [0.717, 1.165) is 64.5 Å². The average molecular weight is 403 g/mol. The second kappa shape index (κ2) is 9.26. The molecule has 0 bridgehead atoms. The van der Waals surface area contributed by atoms with E-state index in [1.165, 1.54) is 12.8 Å². The van der Waals surface area contributed by atoms with Crippen molar-refractivity contribution in [1.82, 2.24) is 24.9 Å². The van der Waals surface area contributed by atoms with Gasteiger partial charge in [-0.05, 0) is 31.7 Å². The van der Waals surface area contributed by atoms with Crippen molar-refractivity contribution in [1.29, 1.82) is 0 Å². The Hall–Kier alpha value is -1.93. The number of carbonyl (C=O) groups is 1. The summed E-state index contributed by atoms with van der Waals surface area (Å²) in [6.45, 7) is 11.6. The fourth-order valence-corrected chi connectivity index (χ4v) is 4.30. The number of rotatable bonds is 8. The van der Waals surface area contributed by atoms with Gasteiger partial charge in [0.25, 0.3) is 5.56 Å². The molecule has 2 aliphatic heterocycles. The number of amides is 1. The van der Waals surface area contributed by atoms with E-state index in [-0.39, 0.29) is 17.4 Å². The predicted octanol–water partition coefficient (Wildman–Crippen LogP) is 0.233. The molecule has 1 aromatic rings. The molecule has 160 valence electrons. The van der Waals surface area contributed by atoms with Crippen LogP contribution in [-0.2, 0) is 11.3 Å². The van der Waals surface area contributed by atoms with Crippen LogP contribution >= 0.6 is 0 Å². The first-order chi connectivity index (χ1) is 14.1. The number of anilines is 1. The summed E-state index contributed by atoms with van der Waals surface area (Å²) >= 11 is 0. The third-order valence-corrected chi connectivity index (χ3v) is 6.55. The Morgan fingerprint density at radius 2 is 1.90 bits per heavy atom. The lowest BCUT2D eigenvalue weighted by Gasteiger charge is -2.34. The summed E-state index contributed by atoms with van der Waals surface area (Å²) in [5.41, 5.74) is 0.802. The molecule has 1 unspecified atom stereocenters. The normalized spacial score (nSPS) is 23.5. The Morgan fingerprint density at radius 3 is 2.59 bits per heavy atom. The van der Waals surface area contributed by atoms with Crippen molar-refractivity contribution in [2.75, 3.05) is 63.8 Å². The molecule has 4 rings (SSSR count). The van der Waals surface area contributed by atoms with Crippen LogP contribution in [0.15, 0.2) is 17.1 Å². The molecule has 3 heterocycles. The first-order valence-corrected chi connectivity index (χ1v) is 11.2. The largest absolute Gasteiger partial charge is 0.369 e. The van der Waals surface area contributed by atoms with Crippen LogP contribution in [0.4, 0.5) is 5.69 Å². The highest BCUT2D eigenvalue weighted by Crippen LogP contribution is 2.30. The lowest BCUT2D eigenvalue weighted by molar-refractivity contribution is -0.124. The van der Waals surface area contributed by atoms with Gasteiger partial charge in [-0.25, -0.2) is 4.68 Å². The Labute approximate surface area is 172 Å². The number of hydrogen-bond donors (Lipinski definition) is 1. The van der Waals surface area contributed by atoms with E-state index in [1.807, 2.05) is 0 Å². The molecular formula is C21H34N6O2. The smallest absolute Gasteiger partial charge is 0.268 e. The SMILES string of the molecule is CCN1CCN(CCNC(=O)C2CCN(c3cnn(CC4CC4)c(=O)c3)C2)CC1. The summed E-state index contributed by atoms with van der Waals surface area (Å²) in [6, 6.07) is 1.67. The topological polar surface area (TPSA) is 73.7 Å². The molecule has 1 N–H and O–H groups in total. The molecule has 8 heteroatoms. The van der Waals surface area contributed by atoms with Gasteiger partial charge in [0, 0.05) is 65.0 Å². The molecule has 1 atom stereocenters. The summed E-state index contributed by atoms with van der Waals surface area (Å²) in [5, 5.41) is 7.45. The molecular weight excluding hydrogens is 368 g/mol. The van der Waals surface area contributed by atoms with E-state index in [0.29, 0.717) is 19.0 Å². The van der Waals surface area contributed by atoms with Crippen molar-refractivity contribution >= 4 is 11.6 Å². The Kier molecular flexibility index (Phi) is 6.50. The Morgan fingerprint density at radius 1 is 1.14 bits per heavy atom. The monoisotopic (exact) mass is 402 g/mol. The molecule has 0 spiro atoms. The summed E-state index contributed by atoms with van der Waals surface area (Å²) in [4.78, 5) is 31.9. The molecule has 1 aliphatic carbocycles. The molecule has 2 saturated heterocycles. The summed E-state index contributed by atoms with van der Waals surface area (Å²) < 4.78 is 1.57. The van der Waals surface area contributed by atoms with Gasteiger partial charge >= 0.3 is 0 Å². The lowest BCUT2D eigenvalue weighted by atomic mass is 10.1. The number of carbonyl (C=O) groups excluding carboxylic acids is 1. The quantitative estimate of drug-likeness (QED) is 0.671. The second-order valence-electron chi connectivity index (χ2n) is 8.68. The third kappa shape index (κ3) is 5.36. The van der Waals surface area contributed by atoms with Gasteiger partial charge in [-0.1, -0.05) is 6.92 Å². The average Bonchev–Trinajstić information content (AvgIpc) is 3.41. The third-order valence-electron chi connectivity index (χ3n) is 6.55. The maximum atomic E-state index is 12.6. The highest BCUT2D eigenvalue weighted by Gasteiger charge is 2.29. The van der Waals surface area contributed by atoms with Crippen LogP contribution in [0.25, 0.3) is 0 Å². The van der Waals surface area contributed by atoms with Crippen molar-refractivity contribution in [3.8, 4) is 0 Å². The zero-order chi connectivity index (χ0) is 20.2. The number of likely N-dealkylation sites (N-methyl/N-ethyl adjacent to an activating group) is 1. The van der Waals surface area contributed by atoms with Crippen LogP contribution in [0.1, 0.15) is 26.2 Å². The summed E-state index contributed by atoms with van der Waals surface area (Å²) in [5.74, 6) is 0.747. The van der Waals surface area contributed by atoms with Gasteiger partial charge < -0.3 is 15.1 Å². The van der Waals surface area contributed by atoms with Gasteiger partial charge in [0.05, 0.1) is 17.8 Å². The first kappa shape index (κ1) is 20.3. The molecule has 0 aromatic carbocycles. The van der Waals surface area contributed by atoms with Crippen LogP contribution in [0, 0.1) is 11.8 Å². The lowest BCUT2D eigenvalue weighted by Crippen LogP contribution is -2.48. The first-order valence-electron chi connectivity index (χ1n) is 11.2. The van der Waals surface area contributed by atoms with E-state index < -0.39 is 0 Å². The standard InChI is InChI=1S/C21H34N6O2/c1-2-24-9-11-25(12-10-24)8-6-22-21(29)18-5-7-26(16-18)19-13-20(28)27(23-14-19)15-17-3-4-17/h13-14,17-18H,2-12,15-16H2,1H3,(H,22,29). The van der Waals surface area contributed by atoms with Crippen molar-refractivity contribution in [2.24, 2.45) is 11.8 Å². The van der Waals surface area contributed by atoms with Crippen molar-refractivity contribution < 1.29 is 4.79 Å². The molecule has 3 aliphatic rings. The van der Waals surface area contributed by atoms with Gasteiger partial charge in [-0.15, -0.1) is 0 Å². The highest BCUT2D eigenvalue weighted by atomic mass is 16.2. The molecule has 8 nitrogen and oxygen atoms in total. The second-order valence-corrected chi connectivity index (χ2v) is 8.68. The fourth-order valence-electron chi connectivity index (χ4n) is 4.30. The number of nitrogens with zero attached hydrogens (tertiary/aromatic N) is 5. The minimum Gasteiger partial charge on any atom is -0.369 e. The van der Waals surface area contributed by atoms with Gasteiger partial charge in [-0.2, -0.15) is 5.10 Å². The number of hydrogen-bond acceptors (Lipinski definition) is 6. The molecule has 29 heavy (non-hydrogen) atoms. The molecule has 1 amide bonds. The fraction of sp³-hybridized carbons (Fsp3) is 0.762. The number of piperazine rings is 1. The Balaban J connectivity index is 1.20. The van der Waals surface area contributed by atoms with E-state index >= 15 is 0 Å². The molecule has 0 radical (unpaired) electrons. The summed E-state index contributed by atoms with van der Waals surface area (Å²) in [6.07, 6.45) is 5.01. The Bertz CT molecular complexity index is 754. The van der Waals surface area contributed by atoms with Crippen molar-refractivity contribution in [3.05, 3.63) is 22.6 Å². The van der Waals surface area contributed by atoms with Gasteiger partial charge in [-0.3, -0.25) is 14.5 Å². The van der Waals surface area contributed by atoms with E-state index in [4.69, 9.17) is 0 Å². The molecule has 1 saturated carbocycles. The molecule has 1 aromatic heterocycles. The van der Waals surface area contributed by atoms with Crippen LogP contribution in [-0.4, -0.2) is 84.4 Å². The van der Waals surface area contributed by atoms with Gasteiger partial charge in [0.15, 0.2) is 0 Å².